The summed E-state index contributed by atoms with van der Waals surface area (Å²) in [5.41, 5.74) is 2.83. The van der Waals surface area contributed by atoms with E-state index in [1.165, 1.54) is 26.4 Å². The number of hydrogen-bond acceptors (Lipinski definition) is 9. The lowest BCUT2D eigenvalue weighted by atomic mass is 9.87. The number of carbonyl (C=O) groups is 1. The van der Waals surface area contributed by atoms with Gasteiger partial charge in [0.25, 0.3) is 0 Å². The van der Waals surface area contributed by atoms with Crippen LogP contribution in [0.4, 0.5) is 5.95 Å². The molecule has 0 radical (unpaired) electrons. The van der Waals surface area contributed by atoms with Crippen molar-refractivity contribution in [1.29, 1.82) is 0 Å². The van der Waals surface area contributed by atoms with Gasteiger partial charge in [-0.25, -0.2) is 15.0 Å². The molecule has 2 aromatic heterocycles. The van der Waals surface area contributed by atoms with Crippen LogP contribution in [-0.4, -0.2) is 83.1 Å². The zero-order valence-electron chi connectivity index (χ0n) is 25.5. The summed E-state index contributed by atoms with van der Waals surface area (Å²) in [5, 5.41) is 1.09. The Balaban J connectivity index is 1.19. The number of methoxy groups -OCH3 is 1. The number of ether oxygens (including phenoxy) is 2. The van der Waals surface area contributed by atoms with Gasteiger partial charge in [0.05, 0.1) is 25.2 Å². The number of nitrogens with zero attached hydrogens (tertiary/aromatic N) is 6. The molecule has 0 aliphatic carbocycles. The summed E-state index contributed by atoms with van der Waals surface area (Å²) in [7, 11) is 3.69. The Kier molecular flexibility index (Phi) is 9.56. The van der Waals surface area contributed by atoms with Crippen LogP contribution >= 0.6 is 23.2 Å². The topological polar surface area (TPSA) is 83.9 Å². The van der Waals surface area contributed by atoms with E-state index >= 15 is 0 Å². The maximum atomic E-state index is 11.7. The van der Waals surface area contributed by atoms with E-state index in [1.807, 2.05) is 18.2 Å². The molecule has 1 atom stereocenters. The lowest BCUT2D eigenvalue weighted by Gasteiger charge is -2.44. The van der Waals surface area contributed by atoms with Gasteiger partial charge in [-0.05, 0) is 101 Å². The highest BCUT2D eigenvalue weighted by molar-refractivity contribution is 6.35. The van der Waals surface area contributed by atoms with Crippen molar-refractivity contribution < 1.29 is 14.3 Å². The molecule has 3 aliphatic heterocycles. The van der Waals surface area contributed by atoms with E-state index in [0.29, 0.717) is 34.0 Å². The fraction of sp³-hybridized carbons (Fsp3) is 0.515. The second kappa shape index (κ2) is 13.6. The molecule has 0 amide bonds. The lowest BCUT2D eigenvalue weighted by Crippen LogP contribution is -2.54. The number of likely N-dealkylation sites (N-methyl/N-ethyl adjacent to an activating group) is 1. The summed E-state index contributed by atoms with van der Waals surface area (Å²) >= 11 is 12.7. The number of pyridine rings is 1. The molecule has 0 bridgehead atoms. The highest BCUT2D eigenvalue weighted by Gasteiger charge is 2.42. The maximum Gasteiger partial charge on any atom is 0.305 e. The van der Waals surface area contributed by atoms with Gasteiger partial charge < -0.3 is 14.4 Å². The number of benzene rings is 1. The van der Waals surface area contributed by atoms with Crippen molar-refractivity contribution in [2.45, 2.75) is 57.0 Å². The molecule has 6 rings (SSSR count). The van der Waals surface area contributed by atoms with Crippen molar-refractivity contribution in [1.82, 2.24) is 24.8 Å². The molecule has 9 nitrogen and oxygen atoms in total. The molecule has 3 aromatic rings. The fourth-order valence-electron chi connectivity index (χ4n) is 7.00. The molecule has 234 valence electrons. The number of hydrogen-bond donors (Lipinski definition) is 0. The first-order valence-electron chi connectivity index (χ1n) is 15.5. The summed E-state index contributed by atoms with van der Waals surface area (Å²) in [6.45, 7) is 5.61. The monoisotopic (exact) mass is 638 g/mol. The van der Waals surface area contributed by atoms with Crippen LogP contribution in [-0.2, 0) is 16.1 Å². The number of piperidine rings is 2. The van der Waals surface area contributed by atoms with Gasteiger partial charge in [-0.2, -0.15) is 0 Å². The Hall–Kier alpha value is -2.98. The van der Waals surface area contributed by atoms with Crippen molar-refractivity contribution in [3.8, 4) is 22.9 Å². The van der Waals surface area contributed by atoms with Gasteiger partial charge in [0.2, 0.25) is 11.8 Å². The Morgan fingerprint density at radius 1 is 0.977 bits per heavy atom. The third-order valence-corrected chi connectivity index (χ3v) is 9.87. The van der Waals surface area contributed by atoms with E-state index in [0.717, 1.165) is 81.3 Å². The van der Waals surface area contributed by atoms with Gasteiger partial charge >= 0.3 is 5.97 Å². The number of likely N-dealkylation sites (tertiary alicyclic amines) is 2. The molecular weight excluding hydrogens is 599 g/mol. The zero-order valence-corrected chi connectivity index (χ0v) is 27.0. The third kappa shape index (κ3) is 7.28. The molecule has 3 aliphatic rings. The number of rotatable bonds is 8. The Labute approximate surface area is 269 Å². The predicted octanol–water partition coefficient (Wildman–Crippen LogP) is 6.48. The quantitative estimate of drug-likeness (QED) is 0.257. The first-order valence-corrected chi connectivity index (χ1v) is 16.3. The van der Waals surface area contributed by atoms with Crippen LogP contribution in [0.5, 0.6) is 11.6 Å². The lowest BCUT2D eigenvalue weighted by molar-refractivity contribution is -0.142. The molecule has 0 saturated carbocycles. The predicted molar refractivity (Wildman–Crippen MR) is 172 cm³/mol. The molecule has 0 N–H and O–H groups in total. The number of carbonyl (C=O) groups excluding carboxylic acids is 1. The Morgan fingerprint density at radius 2 is 1.68 bits per heavy atom. The van der Waals surface area contributed by atoms with Gasteiger partial charge in [0, 0.05) is 53.3 Å². The van der Waals surface area contributed by atoms with Crippen LogP contribution in [0.25, 0.3) is 11.3 Å². The minimum atomic E-state index is -0.137. The second-order valence-electron chi connectivity index (χ2n) is 12.5. The molecule has 3 saturated heterocycles. The molecule has 11 heteroatoms. The average Bonchev–Trinajstić information content (AvgIpc) is 3.36. The van der Waals surface area contributed by atoms with Crippen molar-refractivity contribution in [3.05, 3.63) is 58.3 Å². The summed E-state index contributed by atoms with van der Waals surface area (Å²) in [5.74, 6) is 1.94. The zero-order chi connectivity index (χ0) is 30.7. The molecular formula is C33H40Cl2N6O3. The van der Waals surface area contributed by atoms with Gasteiger partial charge in [-0.15, -0.1) is 0 Å². The standard InChI is InChI=1S/C33H40Cl2N6O3/c1-39-9-3-7-33(39)8-4-10-41(22-33)32-36-19-28(20-37-32)44-30-14-24(13-29(38-30)25-16-26(34)18-27(35)17-25)21-40-11-5-23(6-12-40)15-31(42)43-2/h13-14,16-20,23H,3-12,15,21-22H2,1-2H3. The summed E-state index contributed by atoms with van der Waals surface area (Å²) in [4.78, 5) is 33.2. The van der Waals surface area contributed by atoms with Crippen LogP contribution in [0.15, 0.2) is 42.7 Å². The van der Waals surface area contributed by atoms with Crippen molar-refractivity contribution in [2.24, 2.45) is 5.92 Å². The van der Waals surface area contributed by atoms with Crippen molar-refractivity contribution in [3.63, 3.8) is 0 Å². The first kappa shape index (κ1) is 31.0. The number of aromatic nitrogens is 3. The van der Waals surface area contributed by atoms with Gasteiger partial charge in [0.1, 0.15) is 0 Å². The minimum Gasteiger partial charge on any atom is -0.469 e. The number of halogens is 2. The normalized spacial score (nSPS) is 21.6. The molecule has 5 heterocycles. The largest absolute Gasteiger partial charge is 0.469 e. The summed E-state index contributed by atoms with van der Waals surface area (Å²) in [6, 6.07) is 9.44. The fourth-order valence-corrected chi connectivity index (χ4v) is 7.52. The highest BCUT2D eigenvalue weighted by Crippen LogP contribution is 2.37. The average molecular weight is 640 g/mol. The van der Waals surface area contributed by atoms with Crippen molar-refractivity contribution >= 4 is 35.1 Å². The van der Waals surface area contributed by atoms with E-state index in [1.54, 1.807) is 18.5 Å². The van der Waals surface area contributed by atoms with Crippen LogP contribution in [0.3, 0.4) is 0 Å². The van der Waals surface area contributed by atoms with Gasteiger partial charge in [0.15, 0.2) is 5.75 Å². The molecule has 44 heavy (non-hydrogen) atoms. The molecule has 1 unspecified atom stereocenters. The van der Waals surface area contributed by atoms with Gasteiger partial charge in [-0.3, -0.25) is 14.6 Å². The SMILES string of the molecule is COC(=O)CC1CCN(Cc2cc(Oc3cnc(N4CCCC5(CCCN5C)C4)nc3)nc(-c3cc(Cl)cc(Cl)c3)c2)CC1. The molecule has 1 aromatic carbocycles. The number of esters is 1. The minimum absolute atomic E-state index is 0.137. The Morgan fingerprint density at radius 3 is 2.36 bits per heavy atom. The first-order chi connectivity index (χ1) is 21.3. The highest BCUT2D eigenvalue weighted by atomic mass is 35.5. The summed E-state index contributed by atoms with van der Waals surface area (Å²) < 4.78 is 11.1. The molecule has 1 spiro atoms. The van der Waals surface area contributed by atoms with Crippen LogP contribution < -0.4 is 9.64 Å². The van der Waals surface area contributed by atoms with Crippen molar-refractivity contribution in [2.75, 3.05) is 51.8 Å². The summed E-state index contributed by atoms with van der Waals surface area (Å²) in [6.07, 6.45) is 10.7. The number of anilines is 1. The van der Waals surface area contributed by atoms with Crippen LogP contribution in [0.1, 0.15) is 50.5 Å². The smallest absolute Gasteiger partial charge is 0.305 e. The van der Waals surface area contributed by atoms with Crippen LogP contribution in [0.2, 0.25) is 10.0 Å². The third-order valence-electron chi connectivity index (χ3n) is 9.44. The van der Waals surface area contributed by atoms with E-state index in [2.05, 4.69) is 27.8 Å². The molecule has 3 fully saturated rings. The van der Waals surface area contributed by atoms with E-state index in [4.69, 9.17) is 47.6 Å². The van der Waals surface area contributed by atoms with Gasteiger partial charge in [-0.1, -0.05) is 23.2 Å². The maximum absolute atomic E-state index is 11.7. The Bertz CT molecular complexity index is 1450. The second-order valence-corrected chi connectivity index (χ2v) is 13.3. The van der Waals surface area contributed by atoms with E-state index < -0.39 is 0 Å². The van der Waals surface area contributed by atoms with Crippen LogP contribution in [0, 0.1) is 5.92 Å². The van der Waals surface area contributed by atoms with E-state index in [9.17, 15) is 4.79 Å². The van der Waals surface area contributed by atoms with E-state index in [-0.39, 0.29) is 11.5 Å².